The normalized spacial score (nSPS) is 11.9. The molecule has 1 aromatic carbocycles. The zero-order chi connectivity index (χ0) is 12.8. The smallest absolute Gasteiger partial charge is 0.321 e. The first-order valence-electron chi connectivity index (χ1n) is 5.30. The number of aryl methyl sites for hydroxylation is 1. The minimum atomic E-state index is -1.17. The fourth-order valence-corrected chi connectivity index (χ4v) is 1.36. The molecular formula is C12H16N2O3. The summed E-state index contributed by atoms with van der Waals surface area (Å²) >= 11 is 0. The van der Waals surface area contributed by atoms with Gasteiger partial charge in [0.1, 0.15) is 6.04 Å². The van der Waals surface area contributed by atoms with E-state index >= 15 is 0 Å². The van der Waals surface area contributed by atoms with Gasteiger partial charge in [-0.05, 0) is 18.1 Å². The zero-order valence-electron chi connectivity index (χ0n) is 9.64. The van der Waals surface area contributed by atoms with Gasteiger partial charge in [-0.15, -0.1) is 0 Å². The van der Waals surface area contributed by atoms with Gasteiger partial charge in [0.05, 0.1) is 6.42 Å². The molecule has 1 unspecified atom stereocenters. The molecule has 1 rings (SSSR count). The van der Waals surface area contributed by atoms with Gasteiger partial charge in [0, 0.05) is 6.54 Å². The van der Waals surface area contributed by atoms with E-state index in [0.29, 0.717) is 6.54 Å². The quantitative estimate of drug-likeness (QED) is 0.690. The summed E-state index contributed by atoms with van der Waals surface area (Å²) in [6.07, 6.45) is -0.207. The van der Waals surface area contributed by atoms with Crippen molar-refractivity contribution in [2.45, 2.75) is 25.9 Å². The van der Waals surface area contributed by atoms with Crippen LogP contribution < -0.4 is 11.1 Å². The lowest BCUT2D eigenvalue weighted by molar-refractivity contribution is -0.140. The van der Waals surface area contributed by atoms with Gasteiger partial charge in [-0.1, -0.05) is 24.3 Å². The highest BCUT2D eigenvalue weighted by molar-refractivity contribution is 5.84. The molecule has 1 amide bonds. The monoisotopic (exact) mass is 236 g/mol. The Bertz CT molecular complexity index is 418. The molecule has 0 aliphatic carbocycles. The maximum absolute atomic E-state index is 11.4. The maximum Gasteiger partial charge on any atom is 0.321 e. The number of carboxylic acid groups (broad SMARTS) is 1. The standard InChI is InChI=1S/C12H16N2O3/c1-8-4-2-3-5-9(8)7-14-11(15)6-10(13)12(16)17/h2-5,10H,6-7,13H2,1H3,(H,14,15)(H,16,17). The molecule has 0 heterocycles. The number of aliphatic carboxylic acids is 1. The number of nitrogens with one attached hydrogen (secondary N) is 1. The number of carbonyl (C=O) groups is 2. The minimum absolute atomic E-state index is 0.207. The summed E-state index contributed by atoms with van der Waals surface area (Å²) in [6.45, 7) is 2.34. The number of hydrogen-bond donors (Lipinski definition) is 3. The van der Waals surface area contributed by atoms with Gasteiger partial charge in [0.2, 0.25) is 5.91 Å². The Hall–Kier alpha value is -1.88. The Morgan fingerprint density at radius 2 is 2.06 bits per heavy atom. The van der Waals surface area contributed by atoms with E-state index in [-0.39, 0.29) is 12.3 Å². The van der Waals surface area contributed by atoms with Crippen molar-refractivity contribution in [1.29, 1.82) is 0 Å². The molecule has 0 fully saturated rings. The average molecular weight is 236 g/mol. The van der Waals surface area contributed by atoms with Crippen molar-refractivity contribution in [3.05, 3.63) is 35.4 Å². The molecule has 0 saturated heterocycles. The number of hydrogen-bond acceptors (Lipinski definition) is 3. The van der Waals surface area contributed by atoms with Gasteiger partial charge in [-0.3, -0.25) is 9.59 Å². The molecule has 0 aliphatic heterocycles. The van der Waals surface area contributed by atoms with Gasteiger partial charge in [0.25, 0.3) is 0 Å². The second kappa shape index (κ2) is 6.00. The summed E-state index contributed by atoms with van der Waals surface area (Å²) in [4.78, 5) is 21.8. The van der Waals surface area contributed by atoms with E-state index in [1.54, 1.807) is 0 Å². The summed E-state index contributed by atoms with van der Waals surface area (Å²) in [5, 5.41) is 11.2. The number of carboxylic acids is 1. The van der Waals surface area contributed by atoms with Crippen LogP contribution in [0.4, 0.5) is 0 Å². The molecular weight excluding hydrogens is 220 g/mol. The Balaban J connectivity index is 2.44. The van der Waals surface area contributed by atoms with E-state index in [0.717, 1.165) is 11.1 Å². The summed E-state index contributed by atoms with van der Waals surface area (Å²) < 4.78 is 0. The number of nitrogens with two attached hydrogens (primary N) is 1. The number of carbonyl (C=O) groups excluding carboxylic acids is 1. The predicted molar refractivity (Wildman–Crippen MR) is 63.3 cm³/mol. The Morgan fingerprint density at radius 3 is 2.65 bits per heavy atom. The molecule has 1 atom stereocenters. The van der Waals surface area contributed by atoms with Gasteiger partial charge in [-0.2, -0.15) is 0 Å². The summed E-state index contributed by atoms with van der Waals surface area (Å²) in [5.74, 6) is -1.53. The van der Waals surface area contributed by atoms with Crippen molar-refractivity contribution >= 4 is 11.9 Å². The SMILES string of the molecule is Cc1ccccc1CNC(=O)CC(N)C(=O)O. The third-order valence-electron chi connectivity index (χ3n) is 2.46. The second-order valence-corrected chi connectivity index (χ2v) is 3.85. The van der Waals surface area contributed by atoms with E-state index in [2.05, 4.69) is 5.32 Å². The Morgan fingerprint density at radius 1 is 1.41 bits per heavy atom. The Labute approximate surface area is 99.6 Å². The minimum Gasteiger partial charge on any atom is -0.480 e. The first-order chi connectivity index (χ1) is 8.00. The molecule has 0 spiro atoms. The average Bonchev–Trinajstić information content (AvgIpc) is 2.27. The first kappa shape index (κ1) is 13.2. The third kappa shape index (κ3) is 4.24. The second-order valence-electron chi connectivity index (χ2n) is 3.85. The van der Waals surface area contributed by atoms with Crippen molar-refractivity contribution in [3.8, 4) is 0 Å². The number of amides is 1. The highest BCUT2D eigenvalue weighted by Crippen LogP contribution is 2.06. The fourth-order valence-electron chi connectivity index (χ4n) is 1.36. The van der Waals surface area contributed by atoms with Crippen LogP contribution in [-0.2, 0) is 16.1 Å². The van der Waals surface area contributed by atoms with Crippen LogP contribution in [0.5, 0.6) is 0 Å². The Kier molecular flexibility index (Phi) is 4.66. The third-order valence-corrected chi connectivity index (χ3v) is 2.46. The molecule has 5 nitrogen and oxygen atoms in total. The molecule has 17 heavy (non-hydrogen) atoms. The van der Waals surface area contributed by atoms with Crippen molar-refractivity contribution in [1.82, 2.24) is 5.32 Å². The molecule has 0 radical (unpaired) electrons. The molecule has 0 aromatic heterocycles. The molecule has 0 saturated carbocycles. The maximum atomic E-state index is 11.4. The first-order valence-corrected chi connectivity index (χ1v) is 5.30. The van der Waals surface area contributed by atoms with Crippen LogP contribution in [0.2, 0.25) is 0 Å². The lowest BCUT2D eigenvalue weighted by atomic mass is 10.1. The van der Waals surface area contributed by atoms with Crippen LogP contribution in [-0.4, -0.2) is 23.0 Å². The van der Waals surface area contributed by atoms with Crippen molar-refractivity contribution in [3.63, 3.8) is 0 Å². The van der Waals surface area contributed by atoms with Crippen molar-refractivity contribution < 1.29 is 14.7 Å². The lowest BCUT2D eigenvalue weighted by Crippen LogP contribution is -2.36. The van der Waals surface area contributed by atoms with Crippen LogP contribution >= 0.6 is 0 Å². The summed E-state index contributed by atoms with van der Waals surface area (Å²) in [5.41, 5.74) is 7.34. The molecule has 0 aliphatic rings. The molecule has 1 aromatic rings. The van der Waals surface area contributed by atoms with Crippen LogP contribution in [0.1, 0.15) is 17.5 Å². The van der Waals surface area contributed by atoms with E-state index in [9.17, 15) is 9.59 Å². The van der Waals surface area contributed by atoms with Gasteiger partial charge < -0.3 is 16.2 Å². The molecule has 0 bridgehead atoms. The van der Waals surface area contributed by atoms with Crippen molar-refractivity contribution in [2.75, 3.05) is 0 Å². The number of rotatable bonds is 5. The van der Waals surface area contributed by atoms with Crippen LogP contribution in [0, 0.1) is 6.92 Å². The van der Waals surface area contributed by atoms with E-state index in [1.807, 2.05) is 31.2 Å². The van der Waals surface area contributed by atoms with Crippen LogP contribution in [0.25, 0.3) is 0 Å². The topological polar surface area (TPSA) is 92.4 Å². The van der Waals surface area contributed by atoms with Crippen LogP contribution in [0.15, 0.2) is 24.3 Å². The molecule has 4 N–H and O–H groups in total. The molecule has 5 heteroatoms. The van der Waals surface area contributed by atoms with Crippen LogP contribution in [0.3, 0.4) is 0 Å². The van der Waals surface area contributed by atoms with E-state index < -0.39 is 12.0 Å². The highest BCUT2D eigenvalue weighted by atomic mass is 16.4. The van der Waals surface area contributed by atoms with E-state index in [4.69, 9.17) is 10.8 Å². The van der Waals surface area contributed by atoms with Gasteiger partial charge in [-0.25, -0.2) is 0 Å². The van der Waals surface area contributed by atoms with Gasteiger partial charge in [0.15, 0.2) is 0 Å². The van der Waals surface area contributed by atoms with Gasteiger partial charge >= 0.3 is 5.97 Å². The van der Waals surface area contributed by atoms with Crippen molar-refractivity contribution in [2.24, 2.45) is 5.73 Å². The summed E-state index contributed by atoms with van der Waals surface area (Å²) in [7, 11) is 0. The molecule has 92 valence electrons. The largest absolute Gasteiger partial charge is 0.480 e. The highest BCUT2D eigenvalue weighted by Gasteiger charge is 2.15. The summed E-state index contributed by atoms with van der Waals surface area (Å²) in [6, 6.07) is 6.52. The zero-order valence-corrected chi connectivity index (χ0v) is 9.64. The number of benzene rings is 1. The predicted octanol–water partition coefficient (Wildman–Crippen LogP) is 0.413. The fraction of sp³-hybridized carbons (Fsp3) is 0.333. The van der Waals surface area contributed by atoms with E-state index in [1.165, 1.54) is 0 Å². The lowest BCUT2D eigenvalue weighted by Gasteiger charge is -2.09.